The van der Waals surface area contributed by atoms with Crippen LogP contribution in [0.4, 0.5) is 0 Å². The second-order valence-electron chi connectivity index (χ2n) is 3.90. The van der Waals surface area contributed by atoms with Crippen LogP contribution in [0.2, 0.25) is 0 Å². The molecule has 4 heteroatoms. The Morgan fingerprint density at radius 2 is 1.89 bits per heavy atom. The van der Waals surface area contributed by atoms with E-state index in [0.717, 1.165) is 27.3 Å². The Hall–Kier alpha value is -1.19. The summed E-state index contributed by atoms with van der Waals surface area (Å²) in [6.45, 7) is 2.59. The lowest BCUT2D eigenvalue weighted by molar-refractivity contribution is 0.338. The van der Waals surface area contributed by atoms with Gasteiger partial charge in [-0.1, -0.05) is 22.0 Å². The van der Waals surface area contributed by atoms with Crippen LogP contribution in [-0.2, 0) is 5.88 Å². The van der Waals surface area contributed by atoms with Gasteiger partial charge >= 0.3 is 0 Å². The molecule has 2 nitrogen and oxygen atoms in total. The third kappa shape index (κ3) is 3.88. The lowest BCUT2D eigenvalue weighted by atomic mass is 10.2. The fourth-order valence-electron chi connectivity index (χ4n) is 1.67. The minimum absolute atomic E-state index is 0.403. The van der Waals surface area contributed by atoms with E-state index in [-0.39, 0.29) is 0 Å². The number of rotatable bonds is 5. The van der Waals surface area contributed by atoms with Crippen molar-refractivity contribution in [1.82, 2.24) is 0 Å². The molecule has 100 valence electrons. The van der Waals surface area contributed by atoms with Crippen LogP contribution in [0.15, 0.2) is 46.9 Å². The number of benzene rings is 2. The highest BCUT2D eigenvalue weighted by molar-refractivity contribution is 9.10. The zero-order valence-corrected chi connectivity index (χ0v) is 12.9. The number of hydrogen-bond donors (Lipinski definition) is 0. The van der Waals surface area contributed by atoms with E-state index in [1.165, 1.54) is 0 Å². The maximum Gasteiger partial charge on any atom is 0.131 e. The monoisotopic (exact) mass is 340 g/mol. The lowest BCUT2D eigenvalue weighted by Gasteiger charge is -2.11. The Labute approximate surface area is 126 Å². The van der Waals surface area contributed by atoms with Gasteiger partial charge in [0.05, 0.1) is 12.5 Å². The average Bonchev–Trinajstić information content (AvgIpc) is 2.41. The van der Waals surface area contributed by atoms with E-state index in [1.54, 1.807) is 0 Å². The van der Waals surface area contributed by atoms with Gasteiger partial charge in [-0.05, 0) is 37.3 Å². The predicted molar refractivity (Wildman–Crippen MR) is 81.4 cm³/mol. The second-order valence-corrected chi connectivity index (χ2v) is 5.08. The molecule has 19 heavy (non-hydrogen) atoms. The van der Waals surface area contributed by atoms with E-state index >= 15 is 0 Å². The number of ether oxygens (including phenoxy) is 2. The highest BCUT2D eigenvalue weighted by atomic mass is 79.9. The molecule has 2 aromatic rings. The van der Waals surface area contributed by atoms with Crippen LogP contribution in [-0.4, -0.2) is 6.61 Å². The van der Waals surface area contributed by atoms with Crippen molar-refractivity contribution in [3.05, 3.63) is 52.5 Å². The molecule has 0 atom stereocenters. The van der Waals surface area contributed by atoms with Gasteiger partial charge in [0, 0.05) is 16.1 Å². The maximum atomic E-state index is 5.93. The van der Waals surface area contributed by atoms with Crippen LogP contribution in [0.5, 0.6) is 17.2 Å². The van der Waals surface area contributed by atoms with Crippen molar-refractivity contribution in [2.45, 2.75) is 12.8 Å². The van der Waals surface area contributed by atoms with Gasteiger partial charge in [-0.25, -0.2) is 0 Å². The van der Waals surface area contributed by atoms with Crippen LogP contribution in [0.1, 0.15) is 12.5 Å². The van der Waals surface area contributed by atoms with Crippen molar-refractivity contribution in [3.8, 4) is 17.2 Å². The van der Waals surface area contributed by atoms with Crippen LogP contribution in [0.3, 0.4) is 0 Å². The van der Waals surface area contributed by atoms with E-state index in [1.807, 2.05) is 49.4 Å². The summed E-state index contributed by atoms with van der Waals surface area (Å²) in [5.74, 6) is 2.69. The van der Waals surface area contributed by atoms with E-state index in [0.29, 0.717) is 12.5 Å². The zero-order chi connectivity index (χ0) is 13.7. The molecule has 0 N–H and O–H groups in total. The van der Waals surface area contributed by atoms with E-state index in [4.69, 9.17) is 21.1 Å². The van der Waals surface area contributed by atoms with Crippen molar-refractivity contribution in [2.75, 3.05) is 6.61 Å². The molecule has 0 radical (unpaired) electrons. The summed E-state index contributed by atoms with van der Waals surface area (Å²) in [5, 5.41) is 0. The fourth-order valence-corrected chi connectivity index (χ4v) is 2.29. The summed E-state index contributed by atoms with van der Waals surface area (Å²) in [7, 11) is 0. The molecule has 2 rings (SSSR count). The first kappa shape index (κ1) is 14.2. The molecule has 0 aliphatic carbocycles. The maximum absolute atomic E-state index is 5.93. The topological polar surface area (TPSA) is 18.5 Å². The summed E-state index contributed by atoms with van der Waals surface area (Å²) in [5.41, 5.74) is 0.942. The zero-order valence-electron chi connectivity index (χ0n) is 10.5. The highest BCUT2D eigenvalue weighted by Gasteiger charge is 2.06. The largest absolute Gasteiger partial charge is 0.494 e. The third-order valence-electron chi connectivity index (χ3n) is 2.51. The molecule has 0 aliphatic rings. The number of alkyl halides is 1. The average molecular weight is 342 g/mol. The molecule has 0 spiro atoms. The quantitative estimate of drug-likeness (QED) is 0.680. The molecule has 0 aliphatic heterocycles. The summed E-state index contributed by atoms with van der Waals surface area (Å²) in [6.07, 6.45) is 0. The molecule has 0 saturated heterocycles. The molecule has 0 amide bonds. The molecule has 0 aromatic heterocycles. The number of halogens is 2. The minimum Gasteiger partial charge on any atom is -0.494 e. The third-order valence-corrected chi connectivity index (χ3v) is 3.29. The summed E-state index contributed by atoms with van der Waals surface area (Å²) < 4.78 is 12.3. The van der Waals surface area contributed by atoms with Gasteiger partial charge in [-0.15, -0.1) is 11.6 Å². The van der Waals surface area contributed by atoms with Gasteiger partial charge in [0.2, 0.25) is 0 Å². The molecule has 0 saturated carbocycles. The summed E-state index contributed by atoms with van der Waals surface area (Å²) >= 11 is 9.35. The first-order valence-electron chi connectivity index (χ1n) is 5.98. The first-order valence-corrected chi connectivity index (χ1v) is 7.30. The van der Waals surface area contributed by atoms with Crippen LogP contribution in [0.25, 0.3) is 0 Å². The van der Waals surface area contributed by atoms with Gasteiger partial charge in [0.15, 0.2) is 0 Å². The van der Waals surface area contributed by atoms with Crippen LogP contribution < -0.4 is 9.47 Å². The molecule has 2 aromatic carbocycles. The standard InChI is InChI=1S/C15H14BrClO2/c1-2-18-13-4-3-5-14(9-13)19-15-7-6-12(16)8-11(15)10-17/h3-9H,2,10H2,1H3. The molecule has 0 unspecified atom stereocenters. The Morgan fingerprint density at radius 3 is 2.63 bits per heavy atom. The summed E-state index contributed by atoms with van der Waals surface area (Å²) in [4.78, 5) is 0. The van der Waals surface area contributed by atoms with E-state index in [2.05, 4.69) is 15.9 Å². The number of hydrogen-bond acceptors (Lipinski definition) is 2. The SMILES string of the molecule is CCOc1cccc(Oc2ccc(Br)cc2CCl)c1. The lowest BCUT2D eigenvalue weighted by Crippen LogP contribution is -1.93. The molecular formula is C15H14BrClO2. The Morgan fingerprint density at radius 1 is 1.11 bits per heavy atom. The Balaban J connectivity index is 2.23. The van der Waals surface area contributed by atoms with Crippen molar-refractivity contribution in [2.24, 2.45) is 0 Å². The molecule has 0 heterocycles. The van der Waals surface area contributed by atoms with Gasteiger partial charge in [0.25, 0.3) is 0 Å². The van der Waals surface area contributed by atoms with E-state index < -0.39 is 0 Å². The first-order chi connectivity index (χ1) is 9.22. The van der Waals surface area contributed by atoms with Crippen molar-refractivity contribution in [1.29, 1.82) is 0 Å². The predicted octanol–water partition coefficient (Wildman–Crippen LogP) is 5.38. The molecular weight excluding hydrogens is 328 g/mol. The van der Waals surface area contributed by atoms with Gasteiger partial charge < -0.3 is 9.47 Å². The van der Waals surface area contributed by atoms with Gasteiger partial charge in [-0.3, -0.25) is 0 Å². The minimum atomic E-state index is 0.403. The smallest absolute Gasteiger partial charge is 0.131 e. The van der Waals surface area contributed by atoms with Crippen molar-refractivity contribution >= 4 is 27.5 Å². The van der Waals surface area contributed by atoms with Crippen molar-refractivity contribution < 1.29 is 9.47 Å². The Kier molecular flexibility index (Phi) is 5.11. The van der Waals surface area contributed by atoms with E-state index in [9.17, 15) is 0 Å². The second kappa shape index (κ2) is 6.83. The summed E-state index contributed by atoms with van der Waals surface area (Å²) in [6, 6.07) is 13.3. The molecule has 0 fully saturated rings. The van der Waals surface area contributed by atoms with Gasteiger partial charge in [0.1, 0.15) is 17.2 Å². The van der Waals surface area contributed by atoms with Crippen LogP contribution in [0, 0.1) is 0 Å². The van der Waals surface area contributed by atoms with Crippen LogP contribution >= 0.6 is 27.5 Å². The normalized spacial score (nSPS) is 10.3. The van der Waals surface area contributed by atoms with Gasteiger partial charge in [-0.2, -0.15) is 0 Å². The fraction of sp³-hybridized carbons (Fsp3) is 0.200. The highest BCUT2D eigenvalue weighted by Crippen LogP contribution is 2.30. The van der Waals surface area contributed by atoms with Crippen molar-refractivity contribution in [3.63, 3.8) is 0 Å². The molecule has 0 bridgehead atoms. The Bertz CT molecular complexity index is 558.